The van der Waals surface area contributed by atoms with Crippen molar-refractivity contribution in [3.05, 3.63) is 116 Å². The largest absolute Gasteiger partial charge is 0.497 e. The smallest absolute Gasteiger partial charge is 0.352 e. The molecule has 172 valence electrons. The number of aromatic nitrogens is 4. The van der Waals surface area contributed by atoms with Crippen LogP contribution in [0.25, 0.3) is 5.69 Å². The van der Waals surface area contributed by atoms with Crippen molar-refractivity contribution in [2.24, 2.45) is 0 Å². The van der Waals surface area contributed by atoms with Gasteiger partial charge in [0.15, 0.2) is 0 Å². The lowest BCUT2D eigenvalue weighted by molar-refractivity contribution is 0.0941. The minimum Gasteiger partial charge on any atom is -0.497 e. The first kappa shape index (κ1) is 22.9. The Hall–Kier alpha value is -4.24. The molecular weight excluding hydrogens is 458 g/mol. The van der Waals surface area contributed by atoms with E-state index in [2.05, 4.69) is 15.4 Å². The Morgan fingerprint density at radius 3 is 2.56 bits per heavy atom. The molecular formula is C24H20ClN5O4. The minimum atomic E-state index is -0.823. The Labute approximate surface area is 199 Å². The molecule has 2 aromatic heterocycles. The topological polar surface area (TPSA) is 108 Å². The molecule has 4 aromatic rings. The number of rotatable bonds is 7. The Kier molecular flexibility index (Phi) is 6.84. The van der Waals surface area contributed by atoms with Crippen LogP contribution in [0.15, 0.2) is 82.6 Å². The summed E-state index contributed by atoms with van der Waals surface area (Å²) in [4.78, 5) is 43.4. The highest BCUT2D eigenvalue weighted by molar-refractivity contribution is 6.31. The highest BCUT2D eigenvalue weighted by Crippen LogP contribution is 2.16. The fraction of sp³-hybridized carbons (Fsp3) is 0.125. The molecule has 9 nitrogen and oxygen atoms in total. The highest BCUT2D eigenvalue weighted by Gasteiger charge is 2.21. The van der Waals surface area contributed by atoms with Crippen molar-refractivity contribution in [3.63, 3.8) is 0 Å². The van der Waals surface area contributed by atoms with Gasteiger partial charge in [0.05, 0.1) is 19.3 Å². The summed E-state index contributed by atoms with van der Waals surface area (Å²) < 4.78 is 7.17. The summed E-state index contributed by atoms with van der Waals surface area (Å²) in [6, 6.07) is 16.9. The summed E-state index contributed by atoms with van der Waals surface area (Å²) in [5.74, 6) is -0.231. The van der Waals surface area contributed by atoms with Gasteiger partial charge in [-0.2, -0.15) is 9.78 Å². The van der Waals surface area contributed by atoms with Crippen molar-refractivity contribution in [2.75, 3.05) is 7.11 Å². The minimum absolute atomic E-state index is 0.130. The maximum Gasteiger partial charge on any atom is 0.352 e. The zero-order valence-electron chi connectivity index (χ0n) is 18.1. The third-order valence-electron chi connectivity index (χ3n) is 5.06. The van der Waals surface area contributed by atoms with E-state index in [1.165, 1.54) is 7.11 Å². The van der Waals surface area contributed by atoms with E-state index in [4.69, 9.17) is 16.3 Å². The number of ether oxygens (including phenoxy) is 1. The fourth-order valence-electron chi connectivity index (χ4n) is 3.27. The first-order valence-corrected chi connectivity index (χ1v) is 10.6. The number of benzene rings is 2. The summed E-state index contributed by atoms with van der Waals surface area (Å²) in [6.07, 6.45) is 3.19. The summed E-state index contributed by atoms with van der Waals surface area (Å²) in [5.41, 5.74) is -0.292. The molecule has 2 heterocycles. The van der Waals surface area contributed by atoms with Crippen molar-refractivity contribution < 1.29 is 9.53 Å². The van der Waals surface area contributed by atoms with Crippen LogP contribution in [0.1, 0.15) is 21.6 Å². The van der Waals surface area contributed by atoms with E-state index >= 15 is 0 Å². The van der Waals surface area contributed by atoms with Crippen LogP contribution in [0.2, 0.25) is 5.02 Å². The van der Waals surface area contributed by atoms with E-state index in [0.29, 0.717) is 22.0 Å². The van der Waals surface area contributed by atoms with Gasteiger partial charge in [-0.1, -0.05) is 35.9 Å². The number of carbonyl (C=O) groups excluding carboxylic acids is 1. The van der Waals surface area contributed by atoms with Crippen molar-refractivity contribution >= 4 is 17.5 Å². The molecule has 0 atom stereocenters. The van der Waals surface area contributed by atoms with Crippen molar-refractivity contribution in [3.8, 4) is 11.4 Å². The lowest BCUT2D eigenvalue weighted by atomic mass is 10.2. The van der Waals surface area contributed by atoms with Gasteiger partial charge in [0.25, 0.3) is 11.5 Å². The summed E-state index contributed by atoms with van der Waals surface area (Å²) >= 11 is 6.25. The standard InChI is InChI=1S/C24H20ClN5O4/c1-34-19-7-4-6-18(13-19)30-24(33)29(15-17-5-2-3-8-20(17)25)23(32)21(28-30)22(31)27-14-16-9-11-26-12-10-16/h2-13H,14-15H2,1H3,(H,27,31). The molecule has 0 bridgehead atoms. The monoisotopic (exact) mass is 477 g/mol. The predicted molar refractivity (Wildman–Crippen MR) is 127 cm³/mol. The third-order valence-corrected chi connectivity index (χ3v) is 5.43. The molecule has 0 unspecified atom stereocenters. The molecule has 0 radical (unpaired) electrons. The molecule has 0 fully saturated rings. The van der Waals surface area contributed by atoms with Gasteiger partial charge >= 0.3 is 5.69 Å². The summed E-state index contributed by atoms with van der Waals surface area (Å²) in [7, 11) is 1.49. The fourth-order valence-corrected chi connectivity index (χ4v) is 3.47. The van der Waals surface area contributed by atoms with E-state index < -0.39 is 22.9 Å². The van der Waals surface area contributed by atoms with Gasteiger partial charge in [0.2, 0.25) is 5.69 Å². The van der Waals surface area contributed by atoms with E-state index in [0.717, 1.165) is 14.8 Å². The van der Waals surface area contributed by atoms with Crippen LogP contribution in [0.5, 0.6) is 5.75 Å². The van der Waals surface area contributed by atoms with Crippen LogP contribution < -0.4 is 21.3 Å². The first-order valence-electron chi connectivity index (χ1n) is 10.3. The van der Waals surface area contributed by atoms with Crippen molar-refractivity contribution in [2.45, 2.75) is 13.1 Å². The molecule has 2 aromatic carbocycles. The van der Waals surface area contributed by atoms with Crippen LogP contribution in [0.3, 0.4) is 0 Å². The quantitative estimate of drug-likeness (QED) is 0.438. The van der Waals surface area contributed by atoms with Crippen LogP contribution in [0, 0.1) is 0 Å². The summed E-state index contributed by atoms with van der Waals surface area (Å²) in [6.45, 7) is 0.0275. The SMILES string of the molecule is COc1cccc(-n2nc(C(=O)NCc3ccncc3)c(=O)n(Cc3ccccc3Cl)c2=O)c1. The van der Waals surface area contributed by atoms with Crippen LogP contribution in [0.4, 0.5) is 0 Å². The van der Waals surface area contributed by atoms with E-state index in [9.17, 15) is 14.4 Å². The number of amides is 1. The zero-order chi connectivity index (χ0) is 24.1. The number of nitrogens with zero attached hydrogens (tertiary/aromatic N) is 4. The molecule has 0 aliphatic rings. The number of nitrogens with one attached hydrogen (secondary N) is 1. The van der Waals surface area contributed by atoms with E-state index in [-0.39, 0.29) is 13.1 Å². The number of halogens is 1. The number of methoxy groups -OCH3 is 1. The molecule has 0 saturated carbocycles. The van der Waals surface area contributed by atoms with Gasteiger partial charge in [-0.05, 0) is 41.5 Å². The van der Waals surface area contributed by atoms with Crippen LogP contribution in [-0.2, 0) is 13.1 Å². The van der Waals surface area contributed by atoms with Crippen LogP contribution >= 0.6 is 11.6 Å². The van der Waals surface area contributed by atoms with Gasteiger partial charge in [-0.25, -0.2) is 4.79 Å². The Morgan fingerprint density at radius 2 is 1.82 bits per heavy atom. The van der Waals surface area contributed by atoms with E-state index in [1.807, 2.05) is 0 Å². The average molecular weight is 478 g/mol. The molecule has 0 aliphatic carbocycles. The molecule has 0 spiro atoms. The number of pyridine rings is 1. The zero-order valence-corrected chi connectivity index (χ0v) is 18.9. The summed E-state index contributed by atoms with van der Waals surface area (Å²) in [5, 5.41) is 7.17. The Morgan fingerprint density at radius 1 is 1.06 bits per heavy atom. The average Bonchev–Trinajstić information content (AvgIpc) is 2.87. The molecule has 0 saturated heterocycles. The van der Waals surface area contributed by atoms with Gasteiger partial charge in [0, 0.05) is 30.0 Å². The first-order chi connectivity index (χ1) is 16.5. The van der Waals surface area contributed by atoms with E-state index in [1.54, 1.807) is 73.1 Å². The Balaban J connectivity index is 1.81. The molecule has 34 heavy (non-hydrogen) atoms. The lowest BCUT2D eigenvalue weighted by Gasteiger charge is -2.13. The van der Waals surface area contributed by atoms with Crippen molar-refractivity contribution in [1.82, 2.24) is 24.6 Å². The number of hydrogen-bond donors (Lipinski definition) is 1. The molecule has 1 amide bonds. The van der Waals surface area contributed by atoms with Crippen LogP contribution in [-0.4, -0.2) is 32.3 Å². The molecule has 4 rings (SSSR count). The number of carbonyl (C=O) groups is 1. The predicted octanol–water partition coefficient (Wildman–Crippen LogP) is 2.43. The third kappa shape index (κ3) is 4.89. The van der Waals surface area contributed by atoms with Gasteiger partial charge in [-0.15, -0.1) is 0 Å². The van der Waals surface area contributed by atoms with Gasteiger partial charge in [-0.3, -0.25) is 19.1 Å². The number of hydrogen-bond acceptors (Lipinski definition) is 6. The molecule has 1 N–H and O–H groups in total. The molecule has 10 heteroatoms. The van der Waals surface area contributed by atoms with Crippen molar-refractivity contribution in [1.29, 1.82) is 0 Å². The maximum absolute atomic E-state index is 13.3. The normalized spacial score (nSPS) is 10.6. The van der Waals surface area contributed by atoms with Gasteiger partial charge < -0.3 is 10.1 Å². The second kappa shape index (κ2) is 10.1. The lowest BCUT2D eigenvalue weighted by Crippen LogP contribution is -2.46. The molecule has 0 aliphatic heterocycles. The highest BCUT2D eigenvalue weighted by atomic mass is 35.5. The van der Waals surface area contributed by atoms with Gasteiger partial charge in [0.1, 0.15) is 5.75 Å². The second-order valence-electron chi connectivity index (χ2n) is 7.27. The Bertz CT molecular complexity index is 1450. The maximum atomic E-state index is 13.3. The second-order valence-corrected chi connectivity index (χ2v) is 7.67.